The fraction of sp³-hybridized carbons (Fsp3) is 0.270. The number of piperazine rings is 1. The Morgan fingerprint density at radius 1 is 0.923 bits per heavy atom. The van der Waals surface area contributed by atoms with Crippen molar-refractivity contribution in [3.63, 3.8) is 0 Å². The van der Waals surface area contributed by atoms with Crippen LogP contribution in [0.15, 0.2) is 73.1 Å². The van der Waals surface area contributed by atoms with E-state index in [1.165, 1.54) is 22.6 Å². The Morgan fingerprint density at radius 2 is 1.69 bits per heavy atom. The molecule has 2 aliphatic heterocycles. The molecular weight excluding hydrogens is 701 g/mol. The average molecular weight is 735 g/mol. The number of nitrogens with zero attached hydrogens (tertiary/aromatic N) is 4. The molecule has 2 aliphatic rings. The number of anilines is 2. The number of hydrogen-bond donors (Lipinski definition) is 3. The molecule has 0 aliphatic carbocycles. The van der Waals surface area contributed by atoms with Crippen molar-refractivity contribution < 1.29 is 36.5 Å². The first-order valence-electron chi connectivity index (χ1n) is 16.7. The summed E-state index contributed by atoms with van der Waals surface area (Å²) in [5.41, 5.74) is 2.17. The van der Waals surface area contributed by atoms with Crippen LogP contribution in [-0.4, -0.2) is 92.2 Å². The number of nitrogens with one attached hydrogen (secondary N) is 2. The number of carboxylic acids is 1. The quantitative estimate of drug-likeness (QED) is 0.113. The minimum Gasteiger partial charge on any atom is -0.478 e. The van der Waals surface area contributed by atoms with Crippen LogP contribution in [0.2, 0.25) is 0 Å². The minimum atomic E-state index is -1.98. The molecule has 2 aromatic heterocycles. The monoisotopic (exact) mass is 734 g/mol. The van der Waals surface area contributed by atoms with E-state index in [-0.39, 0.29) is 36.3 Å². The van der Waals surface area contributed by atoms with Crippen molar-refractivity contribution in [2.75, 3.05) is 55.4 Å². The number of halogens is 4. The third-order valence-electron chi connectivity index (χ3n) is 9.54. The molecule has 10 nitrogen and oxygen atoms in total. The molecule has 3 N–H and O–H groups in total. The van der Waals surface area contributed by atoms with Gasteiger partial charge in [-0.3, -0.25) is 14.4 Å². The van der Waals surface area contributed by atoms with Crippen LogP contribution >= 0.6 is 0 Å². The number of aromatic amines is 1. The number of carbonyl (C=O) groups excluding carboxylic acids is 1. The molecule has 0 spiro atoms. The van der Waals surface area contributed by atoms with Gasteiger partial charge in [0.15, 0.2) is 17.0 Å². The maximum absolute atomic E-state index is 15.6. The minimum absolute atomic E-state index is 0.0133. The van der Waals surface area contributed by atoms with Crippen molar-refractivity contribution >= 4 is 45.3 Å². The second-order valence-electron chi connectivity index (χ2n) is 12.8. The number of H-pyrrole nitrogens is 1. The molecule has 0 radical (unpaired) electrons. The van der Waals surface area contributed by atoms with Crippen molar-refractivity contribution in [2.24, 2.45) is 0 Å². The highest BCUT2D eigenvalue weighted by atomic mass is 32.2. The highest BCUT2D eigenvalue weighted by Crippen LogP contribution is 2.30. The van der Waals surface area contributed by atoms with Gasteiger partial charge in [-0.25, -0.2) is 35.9 Å². The van der Waals surface area contributed by atoms with Crippen LogP contribution < -0.4 is 9.62 Å². The maximum Gasteiger partial charge on any atom is 0.338 e. The van der Waals surface area contributed by atoms with Gasteiger partial charge in [-0.1, -0.05) is 24.3 Å². The second-order valence-corrected chi connectivity index (χ2v) is 14.0. The number of alkyl halides is 1. The molecule has 2 unspecified atom stereocenters. The Bertz CT molecular complexity index is 2170. The number of aromatic nitrogens is 2. The molecule has 2 saturated heterocycles. The van der Waals surface area contributed by atoms with E-state index in [0.717, 1.165) is 49.3 Å². The number of hydrogen-bond acceptors (Lipinski definition) is 6. The van der Waals surface area contributed by atoms with Crippen molar-refractivity contribution in [1.29, 1.82) is 0 Å². The Balaban J connectivity index is 0.999. The van der Waals surface area contributed by atoms with E-state index in [1.54, 1.807) is 18.3 Å². The lowest BCUT2D eigenvalue weighted by Gasteiger charge is -2.36. The second kappa shape index (κ2) is 14.9. The number of carbonyl (C=O) groups is 2. The van der Waals surface area contributed by atoms with Crippen LogP contribution in [-0.2, 0) is 17.6 Å². The van der Waals surface area contributed by atoms with E-state index in [0.29, 0.717) is 35.4 Å². The Morgan fingerprint density at radius 3 is 2.38 bits per heavy atom. The SMILES string of the molecule is O=C(O)c1ccc(N2CCN(CCc3ccc(-c4cnc5[nH]cc(C(=O)c6c(F)ccc(NS(=O)N7CCC(F)C7)c6F)c5c4)cc3)CC2)cc1F. The van der Waals surface area contributed by atoms with Crippen molar-refractivity contribution in [2.45, 2.75) is 19.0 Å². The summed E-state index contributed by atoms with van der Waals surface area (Å²) in [7, 11) is 0. The van der Waals surface area contributed by atoms with Crippen molar-refractivity contribution in [3.05, 3.63) is 113 Å². The van der Waals surface area contributed by atoms with Gasteiger partial charge in [0.25, 0.3) is 0 Å². The molecule has 3 aromatic carbocycles. The summed E-state index contributed by atoms with van der Waals surface area (Å²) in [5.74, 6) is -5.24. The normalized spacial score (nSPS) is 17.5. The number of carboxylic acid groups (broad SMARTS) is 1. The number of rotatable bonds is 11. The number of benzene rings is 3. The highest BCUT2D eigenvalue weighted by molar-refractivity contribution is 7.84. The van der Waals surface area contributed by atoms with E-state index in [9.17, 15) is 27.0 Å². The number of fused-ring (bicyclic) bond motifs is 1. The van der Waals surface area contributed by atoms with Gasteiger partial charge in [-0.05, 0) is 60.4 Å². The van der Waals surface area contributed by atoms with E-state index < -0.39 is 52.1 Å². The Kier molecular flexibility index (Phi) is 10.1. The van der Waals surface area contributed by atoms with Crippen LogP contribution in [0.3, 0.4) is 0 Å². The van der Waals surface area contributed by atoms with Crippen LogP contribution in [0.1, 0.15) is 38.3 Å². The zero-order chi connectivity index (χ0) is 36.5. The molecule has 0 amide bonds. The fourth-order valence-electron chi connectivity index (χ4n) is 6.57. The van der Waals surface area contributed by atoms with Crippen molar-refractivity contribution in [3.8, 4) is 11.1 Å². The lowest BCUT2D eigenvalue weighted by molar-refractivity contribution is 0.0691. The summed E-state index contributed by atoms with van der Waals surface area (Å²) in [4.78, 5) is 36.4. The zero-order valence-corrected chi connectivity index (χ0v) is 28.6. The van der Waals surface area contributed by atoms with Gasteiger partial charge in [-0.2, -0.15) is 0 Å². The maximum atomic E-state index is 15.6. The summed E-state index contributed by atoms with van der Waals surface area (Å²) in [6.07, 6.45) is 2.84. The molecule has 15 heteroatoms. The van der Waals surface area contributed by atoms with Crippen LogP contribution in [0.25, 0.3) is 22.2 Å². The fourth-order valence-corrected chi connectivity index (χ4v) is 7.62. The third kappa shape index (κ3) is 7.29. The van der Waals surface area contributed by atoms with Gasteiger partial charge in [0.05, 0.1) is 16.8 Å². The molecule has 270 valence electrons. The lowest BCUT2D eigenvalue weighted by Crippen LogP contribution is -2.47. The summed E-state index contributed by atoms with van der Waals surface area (Å²) >= 11 is -1.98. The van der Waals surface area contributed by atoms with E-state index in [2.05, 4.69) is 19.6 Å². The number of pyridine rings is 1. The molecule has 52 heavy (non-hydrogen) atoms. The molecule has 7 rings (SSSR count). The van der Waals surface area contributed by atoms with Crippen LogP contribution in [0.5, 0.6) is 0 Å². The predicted molar refractivity (Wildman–Crippen MR) is 190 cm³/mol. The Hall–Kier alpha value is -5.12. The highest BCUT2D eigenvalue weighted by Gasteiger charge is 2.29. The molecular formula is C37H34F4N6O4S. The van der Waals surface area contributed by atoms with Crippen LogP contribution in [0.4, 0.5) is 28.9 Å². The summed E-state index contributed by atoms with van der Waals surface area (Å²) in [6.45, 7) is 3.87. The molecule has 2 atom stereocenters. The third-order valence-corrected chi connectivity index (χ3v) is 10.7. The van der Waals surface area contributed by atoms with Gasteiger partial charge in [0.2, 0.25) is 5.78 Å². The van der Waals surface area contributed by atoms with Crippen LogP contribution in [0, 0.1) is 17.5 Å². The average Bonchev–Trinajstić information content (AvgIpc) is 3.78. The first-order chi connectivity index (χ1) is 25.0. The smallest absolute Gasteiger partial charge is 0.338 e. The first-order valence-corrected chi connectivity index (χ1v) is 17.8. The van der Waals surface area contributed by atoms with Gasteiger partial charge >= 0.3 is 5.97 Å². The summed E-state index contributed by atoms with van der Waals surface area (Å²) in [6, 6.07) is 15.8. The van der Waals surface area contributed by atoms with Gasteiger partial charge in [0, 0.05) is 80.4 Å². The van der Waals surface area contributed by atoms with Gasteiger partial charge in [-0.15, -0.1) is 0 Å². The largest absolute Gasteiger partial charge is 0.478 e. The van der Waals surface area contributed by atoms with Gasteiger partial charge < -0.3 is 15.0 Å². The zero-order valence-electron chi connectivity index (χ0n) is 27.8. The lowest BCUT2D eigenvalue weighted by atomic mass is 9.99. The molecule has 0 saturated carbocycles. The van der Waals surface area contributed by atoms with Gasteiger partial charge in [0.1, 0.15) is 23.5 Å². The van der Waals surface area contributed by atoms with E-state index in [1.807, 2.05) is 29.2 Å². The molecule has 0 bridgehead atoms. The van der Waals surface area contributed by atoms with E-state index >= 15 is 4.39 Å². The Labute approximate surface area is 298 Å². The predicted octanol–water partition coefficient (Wildman–Crippen LogP) is 5.98. The first kappa shape index (κ1) is 35.3. The number of aromatic carboxylic acids is 1. The van der Waals surface area contributed by atoms with E-state index in [4.69, 9.17) is 5.11 Å². The van der Waals surface area contributed by atoms with Crippen molar-refractivity contribution in [1.82, 2.24) is 19.2 Å². The standard InChI is InChI=1S/C37H34F4N6O4S/c38-25-10-12-47(21-25)52(51)44-32-8-7-30(39)33(34(32)41)35(48)29-20-43-36-28(29)17-24(19-42-36)23-3-1-22(2-4-23)9-11-45-13-15-46(16-14-45)26-5-6-27(37(49)50)31(40)18-26/h1-8,17-20,25,44H,9-16,21H2,(H,42,43)(H,49,50). The topological polar surface area (TPSA) is 122 Å². The summed E-state index contributed by atoms with van der Waals surface area (Å²) < 4.78 is 74.7. The molecule has 4 heterocycles. The molecule has 5 aromatic rings. The summed E-state index contributed by atoms with van der Waals surface area (Å²) in [5, 5.41) is 9.45. The number of ketones is 1. The molecule has 2 fully saturated rings.